The Morgan fingerprint density at radius 2 is 2.04 bits per heavy atom. The molecule has 3 fully saturated rings. The van der Waals surface area contributed by atoms with Crippen LogP contribution in [0.4, 0.5) is 0 Å². The summed E-state index contributed by atoms with van der Waals surface area (Å²) in [5.74, 6) is 2.72. The van der Waals surface area contributed by atoms with Crippen molar-refractivity contribution in [2.45, 2.75) is 71.3 Å². The summed E-state index contributed by atoms with van der Waals surface area (Å²) in [7, 11) is 1.83. The number of fused-ring (bicyclic) bond motifs is 5. The predicted octanol–water partition coefficient (Wildman–Crippen LogP) is 4.14. The van der Waals surface area contributed by atoms with Gasteiger partial charge in [0, 0.05) is 18.4 Å². The van der Waals surface area contributed by atoms with E-state index in [1.807, 2.05) is 7.11 Å². The Hall–Kier alpha value is -0.670. The fourth-order valence-electron chi connectivity index (χ4n) is 7.63. The Balaban J connectivity index is 1.69. The van der Waals surface area contributed by atoms with Crippen LogP contribution >= 0.6 is 0 Å². The number of hydrogen-bond donors (Lipinski definition) is 1. The Morgan fingerprint density at radius 1 is 1.24 bits per heavy atom. The number of Topliss-reactive ketones (excluding diaryl/α,β-unsaturated/α-hetero) is 1. The maximum absolute atomic E-state index is 12.2. The van der Waals surface area contributed by atoms with E-state index < -0.39 is 0 Å². The van der Waals surface area contributed by atoms with E-state index in [9.17, 15) is 9.90 Å². The van der Waals surface area contributed by atoms with Crippen molar-refractivity contribution in [3.05, 3.63) is 11.6 Å². The number of rotatable bonds is 3. The monoisotopic (exact) mass is 346 g/mol. The van der Waals surface area contributed by atoms with E-state index >= 15 is 0 Å². The zero-order chi connectivity index (χ0) is 17.8. The van der Waals surface area contributed by atoms with Gasteiger partial charge in [0.05, 0.1) is 12.7 Å². The van der Waals surface area contributed by atoms with E-state index in [0.717, 1.165) is 38.7 Å². The number of ketones is 1. The van der Waals surface area contributed by atoms with Crippen LogP contribution in [-0.2, 0) is 9.53 Å². The highest BCUT2D eigenvalue weighted by molar-refractivity contribution is 5.79. The topological polar surface area (TPSA) is 46.5 Å². The van der Waals surface area contributed by atoms with E-state index in [2.05, 4.69) is 13.0 Å². The molecule has 0 saturated heterocycles. The number of carbonyl (C=O) groups is 1. The van der Waals surface area contributed by atoms with Crippen LogP contribution in [0.2, 0.25) is 0 Å². The van der Waals surface area contributed by atoms with Gasteiger partial charge in [0.1, 0.15) is 5.78 Å². The minimum absolute atomic E-state index is 0.145. The van der Waals surface area contributed by atoms with Gasteiger partial charge in [0.15, 0.2) is 0 Å². The molecule has 3 heteroatoms. The van der Waals surface area contributed by atoms with Crippen LogP contribution in [0, 0.1) is 34.5 Å². The quantitative estimate of drug-likeness (QED) is 0.781. The van der Waals surface area contributed by atoms with E-state index in [1.54, 1.807) is 6.92 Å². The largest absolute Gasteiger partial charge is 0.393 e. The minimum Gasteiger partial charge on any atom is -0.393 e. The number of ether oxygens (including phenoxy) is 1. The molecule has 7 atom stereocenters. The molecule has 0 heterocycles. The number of aliphatic hydroxyl groups excluding tert-OH is 1. The minimum atomic E-state index is -0.171. The summed E-state index contributed by atoms with van der Waals surface area (Å²) in [5.41, 5.74) is 1.83. The summed E-state index contributed by atoms with van der Waals surface area (Å²) in [6, 6.07) is 0. The lowest BCUT2D eigenvalue weighted by Gasteiger charge is -2.58. The molecule has 4 aliphatic carbocycles. The number of methoxy groups -OCH3 is 1. The Bertz CT molecular complexity index is 582. The van der Waals surface area contributed by atoms with Crippen molar-refractivity contribution < 1.29 is 14.6 Å². The Labute approximate surface area is 152 Å². The predicted molar refractivity (Wildman–Crippen MR) is 98.1 cm³/mol. The maximum Gasteiger partial charge on any atom is 0.133 e. The fraction of sp³-hybridized carbons (Fsp3) is 0.864. The van der Waals surface area contributed by atoms with Crippen LogP contribution in [0.5, 0.6) is 0 Å². The van der Waals surface area contributed by atoms with Gasteiger partial charge in [-0.15, -0.1) is 0 Å². The first-order chi connectivity index (χ1) is 11.9. The highest BCUT2D eigenvalue weighted by atomic mass is 16.5. The van der Waals surface area contributed by atoms with E-state index in [1.165, 1.54) is 24.8 Å². The van der Waals surface area contributed by atoms with E-state index in [0.29, 0.717) is 23.5 Å². The molecule has 3 saturated carbocycles. The molecule has 3 nitrogen and oxygen atoms in total. The number of allylic oxidation sites excluding steroid dienone is 1. The zero-order valence-electron chi connectivity index (χ0n) is 16.1. The van der Waals surface area contributed by atoms with Gasteiger partial charge in [0.25, 0.3) is 0 Å². The Kier molecular flexibility index (Phi) is 4.39. The van der Waals surface area contributed by atoms with Gasteiger partial charge in [-0.25, -0.2) is 0 Å². The first kappa shape index (κ1) is 17.7. The molecule has 0 amide bonds. The Morgan fingerprint density at radius 3 is 2.76 bits per heavy atom. The van der Waals surface area contributed by atoms with Crippen LogP contribution in [0.3, 0.4) is 0 Å². The highest BCUT2D eigenvalue weighted by Crippen LogP contribution is 2.66. The SMILES string of the molecule is COCC12CC[C@H](O)CC1=CC[C@@H]1[C@@H]2CC[C@]2(C)[C@@H](C(C)=O)CC[C@@H]12. The molecular formula is C22H34O3. The van der Waals surface area contributed by atoms with Crippen LogP contribution in [0.25, 0.3) is 0 Å². The first-order valence-corrected chi connectivity index (χ1v) is 10.3. The smallest absolute Gasteiger partial charge is 0.133 e. The first-order valence-electron chi connectivity index (χ1n) is 10.3. The highest BCUT2D eigenvalue weighted by Gasteiger charge is 2.60. The molecule has 0 aromatic rings. The lowest BCUT2D eigenvalue weighted by molar-refractivity contribution is -0.128. The third kappa shape index (κ3) is 2.49. The third-order valence-corrected chi connectivity index (χ3v) is 8.69. The molecule has 0 aromatic heterocycles. The molecule has 4 rings (SSSR count). The third-order valence-electron chi connectivity index (χ3n) is 8.69. The van der Waals surface area contributed by atoms with Gasteiger partial charge in [-0.3, -0.25) is 4.79 Å². The standard InChI is InChI=1S/C22H34O3/c1-14(23)18-6-7-19-17-5-4-15-12-16(24)8-11-22(15,13-25-3)20(17)9-10-21(18,19)2/h4,16-20,24H,5-13H2,1-3H3/t16-,17-,18+,19-,20-,21+,22?/m0/s1. The molecule has 0 aromatic carbocycles. The molecule has 25 heavy (non-hydrogen) atoms. The second kappa shape index (κ2) is 6.20. The summed E-state index contributed by atoms with van der Waals surface area (Å²) in [5, 5.41) is 10.2. The van der Waals surface area contributed by atoms with Crippen LogP contribution < -0.4 is 0 Å². The molecule has 4 aliphatic rings. The van der Waals surface area contributed by atoms with Crippen molar-refractivity contribution in [1.82, 2.24) is 0 Å². The van der Waals surface area contributed by atoms with Crippen molar-refractivity contribution in [2.24, 2.45) is 34.5 Å². The van der Waals surface area contributed by atoms with Crippen molar-refractivity contribution in [1.29, 1.82) is 0 Å². The zero-order valence-corrected chi connectivity index (χ0v) is 16.1. The van der Waals surface area contributed by atoms with Gasteiger partial charge in [-0.2, -0.15) is 0 Å². The average molecular weight is 347 g/mol. The second-order valence-electron chi connectivity index (χ2n) is 9.61. The number of aliphatic hydroxyl groups is 1. The van der Waals surface area contributed by atoms with Crippen molar-refractivity contribution in [3.8, 4) is 0 Å². The van der Waals surface area contributed by atoms with E-state index in [4.69, 9.17) is 4.74 Å². The number of hydrogen-bond acceptors (Lipinski definition) is 3. The molecule has 140 valence electrons. The molecule has 0 spiro atoms. The summed E-state index contributed by atoms with van der Waals surface area (Å²) in [4.78, 5) is 12.2. The lowest BCUT2D eigenvalue weighted by atomic mass is 9.47. The number of carbonyl (C=O) groups excluding carboxylic acids is 1. The van der Waals surface area contributed by atoms with Gasteiger partial charge < -0.3 is 9.84 Å². The molecule has 1 N–H and O–H groups in total. The normalized spacial score (nSPS) is 49.0. The second-order valence-corrected chi connectivity index (χ2v) is 9.61. The summed E-state index contributed by atoms with van der Waals surface area (Å²) in [6.07, 6.45) is 10.9. The van der Waals surface area contributed by atoms with Crippen molar-refractivity contribution >= 4 is 5.78 Å². The lowest BCUT2D eigenvalue weighted by Crippen LogP contribution is -2.53. The van der Waals surface area contributed by atoms with Gasteiger partial charge in [-0.05, 0) is 81.5 Å². The molecular weight excluding hydrogens is 312 g/mol. The molecule has 0 radical (unpaired) electrons. The maximum atomic E-state index is 12.2. The van der Waals surface area contributed by atoms with Crippen LogP contribution in [0.1, 0.15) is 65.2 Å². The van der Waals surface area contributed by atoms with E-state index in [-0.39, 0.29) is 22.9 Å². The summed E-state index contributed by atoms with van der Waals surface area (Å²) in [6.45, 7) is 5.00. The molecule has 0 bridgehead atoms. The van der Waals surface area contributed by atoms with Crippen LogP contribution in [-0.4, -0.2) is 30.7 Å². The average Bonchev–Trinajstić information content (AvgIpc) is 2.93. The van der Waals surface area contributed by atoms with Gasteiger partial charge in [0.2, 0.25) is 0 Å². The van der Waals surface area contributed by atoms with Gasteiger partial charge in [-0.1, -0.05) is 18.6 Å². The molecule has 0 aliphatic heterocycles. The summed E-state index contributed by atoms with van der Waals surface area (Å²) >= 11 is 0. The van der Waals surface area contributed by atoms with Gasteiger partial charge >= 0.3 is 0 Å². The fourth-order valence-corrected chi connectivity index (χ4v) is 7.63. The van der Waals surface area contributed by atoms with Crippen molar-refractivity contribution in [3.63, 3.8) is 0 Å². The molecule has 1 unspecified atom stereocenters. The van der Waals surface area contributed by atoms with Crippen LogP contribution in [0.15, 0.2) is 11.6 Å². The summed E-state index contributed by atoms with van der Waals surface area (Å²) < 4.78 is 5.75. The van der Waals surface area contributed by atoms with Crippen molar-refractivity contribution in [2.75, 3.05) is 13.7 Å².